The second-order valence-corrected chi connectivity index (χ2v) is 6.60. The molecule has 2 unspecified atom stereocenters. The van der Waals surface area contributed by atoms with Crippen LogP contribution in [-0.2, 0) is 4.74 Å². The summed E-state index contributed by atoms with van der Waals surface area (Å²) in [5.41, 5.74) is 0.741. The highest BCUT2D eigenvalue weighted by Crippen LogP contribution is 2.47. The molecule has 2 atom stereocenters. The van der Waals surface area contributed by atoms with Crippen LogP contribution in [0.2, 0.25) is 0 Å². The van der Waals surface area contributed by atoms with Gasteiger partial charge in [-0.25, -0.2) is 0 Å². The number of hydrogen-bond acceptors (Lipinski definition) is 4. The smallest absolute Gasteiger partial charge is 0.0997 e. The Balaban J connectivity index is 2.23. The summed E-state index contributed by atoms with van der Waals surface area (Å²) in [4.78, 5) is 0. The second-order valence-electron chi connectivity index (χ2n) is 6.60. The lowest BCUT2D eigenvalue weighted by atomic mass is 9.80. The molecule has 108 valence electrons. The van der Waals surface area contributed by atoms with E-state index in [1.54, 1.807) is 0 Å². The quantitative estimate of drug-likeness (QED) is 0.859. The number of aromatic amines is 1. The molecule has 1 aliphatic rings. The fraction of sp³-hybridized carbons (Fsp3) is 0.857. The zero-order valence-corrected chi connectivity index (χ0v) is 12.7. The molecule has 0 saturated carbocycles. The zero-order chi connectivity index (χ0) is 14.1. The van der Waals surface area contributed by atoms with Gasteiger partial charge in [0.25, 0.3) is 0 Å². The van der Waals surface area contributed by atoms with Crippen LogP contribution in [-0.4, -0.2) is 33.2 Å². The molecule has 0 spiro atoms. The third kappa shape index (κ3) is 3.15. The predicted octanol–water partition coefficient (Wildman–Crippen LogP) is 2.44. The summed E-state index contributed by atoms with van der Waals surface area (Å²) >= 11 is 0. The van der Waals surface area contributed by atoms with Crippen molar-refractivity contribution < 1.29 is 4.74 Å². The van der Waals surface area contributed by atoms with Crippen molar-refractivity contribution in [2.75, 3.05) is 6.54 Å². The number of ether oxygens (including phenoxy) is 1. The molecule has 0 radical (unpaired) electrons. The lowest BCUT2D eigenvalue weighted by molar-refractivity contribution is -0.0780. The predicted molar refractivity (Wildman–Crippen MR) is 74.8 cm³/mol. The fourth-order valence-corrected chi connectivity index (χ4v) is 3.24. The van der Waals surface area contributed by atoms with Crippen LogP contribution in [0.4, 0.5) is 0 Å². The highest BCUT2D eigenvalue weighted by molar-refractivity contribution is 5.09. The summed E-state index contributed by atoms with van der Waals surface area (Å²) < 4.78 is 6.21. The lowest BCUT2D eigenvalue weighted by Crippen LogP contribution is -2.39. The summed E-state index contributed by atoms with van der Waals surface area (Å²) in [5, 5.41) is 14.5. The summed E-state index contributed by atoms with van der Waals surface area (Å²) in [6, 6.07) is 0.190. The van der Waals surface area contributed by atoms with Gasteiger partial charge in [-0.3, -0.25) is 0 Å². The monoisotopic (exact) mass is 266 g/mol. The number of rotatable bonds is 5. The lowest BCUT2D eigenvalue weighted by Gasteiger charge is -2.32. The Morgan fingerprint density at radius 3 is 2.68 bits per heavy atom. The van der Waals surface area contributed by atoms with Crippen molar-refractivity contribution in [2.45, 2.75) is 64.7 Å². The SMILES string of the molecule is CCCNC(c1cn[nH]n1)C1CC(C)(C)OC1(C)C. The first-order chi connectivity index (χ1) is 8.86. The van der Waals surface area contributed by atoms with Crippen LogP contribution in [0.3, 0.4) is 0 Å². The highest BCUT2D eigenvalue weighted by Gasteiger charge is 2.49. The Bertz CT molecular complexity index is 400. The van der Waals surface area contributed by atoms with E-state index in [4.69, 9.17) is 4.74 Å². The van der Waals surface area contributed by atoms with Crippen molar-refractivity contribution in [3.63, 3.8) is 0 Å². The van der Waals surface area contributed by atoms with Gasteiger partial charge in [-0.05, 0) is 47.1 Å². The molecule has 0 bridgehead atoms. The normalized spacial score (nSPS) is 26.5. The standard InChI is InChI=1S/C14H26N4O/c1-6-7-15-12(11-9-16-18-17-11)10-8-13(2,3)19-14(10,4)5/h9-10,12,15H,6-8H2,1-5H3,(H,16,17,18). The summed E-state index contributed by atoms with van der Waals surface area (Å²) in [7, 11) is 0. The molecule has 2 heterocycles. The van der Waals surface area contributed by atoms with Gasteiger partial charge in [0.1, 0.15) is 0 Å². The minimum Gasteiger partial charge on any atom is -0.369 e. The Morgan fingerprint density at radius 1 is 1.47 bits per heavy atom. The van der Waals surface area contributed by atoms with Crippen LogP contribution in [0, 0.1) is 5.92 Å². The average molecular weight is 266 g/mol. The van der Waals surface area contributed by atoms with Gasteiger partial charge >= 0.3 is 0 Å². The van der Waals surface area contributed by atoms with Crippen molar-refractivity contribution in [3.05, 3.63) is 11.9 Å². The van der Waals surface area contributed by atoms with Crippen molar-refractivity contribution in [3.8, 4) is 0 Å². The Morgan fingerprint density at radius 2 is 2.21 bits per heavy atom. The van der Waals surface area contributed by atoms with E-state index in [2.05, 4.69) is 55.3 Å². The van der Waals surface area contributed by atoms with Crippen LogP contribution in [0.15, 0.2) is 6.20 Å². The molecule has 2 rings (SSSR count). The number of H-pyrrole nitrogens is 1. The van der Waals surface area contributed by atoms with Crippen LogP contribution >= 0.6 is 0 Å². The average Bonchev–Trinajstić information content (AvgIpc) is 2.86. The minimum atomic E-state index is -0.159. The molecule has 2 N–H and O–H groups in total. The van der Waals surface area contributed by atoms with Crippen molar-refractivity contribution in [1.29, 1.82) is 0 Å². The molecule has 19 heavy (non-hydrogen) atoms. The highest BCUT2D eigenvalue weighted by atomic mass is 16.5. The van der Waals surface area contributed by atoms with Gasteiger partial charge in [0.05, 0.1) is 29.1 Å². The van der Waals surface area contributed by atoms with E-state index in [0.717, 1.165) is 25.1 Å². The molecule has 0 aliphatic carbocycles. The summed E-state index contributed by atoms with van der Waals surface area (Å²) in [6.07, 6.45) is 3.94. The molecule has 1 aromatic heterocycles. The van der Waals surface area contributed by atoms with Gasteiger partial charge < -0.3 is 10.1 Å². The topological polar surface area (TPSA) is 62.8 Å². The largest absolute Gasteiger partial charge is 0.369 e. The Labute approximate surface area is 115 Å². The maximum absolute atomic E-state index is 6.21. The molecular formula is C14H26N4O. The first-order valence-electron chi connectivity index (χ1n) is 7.15. The molecule has 1 aliphatic heterocycles. The summed E-state index contributed by atoms with van der Waals surface area (Å²) in [6.45, 7) is 11.8. The van der Waals surface area contributed by atoms with Crippen LogP contribution in [0.25, 0.3) is 0 Å². The number of aromatic nitrogens is 3. The van der Waals surface area contributed by atoms with Crippen molar-refractivity contribution in [2.24, 2.45) is 5.92 Å². The second kappa shape index (κ2) is 5.21. The van der Waals surface area contributed by atoms with Gasteiger partial charge in [0.15, 0.2) is 0 Å². The van der Waals surface area contributed by atoms with E-state index >= 15 is 0 Å². The Kier molecular flexibility index (Phi) is 3.97. The molecule has 5 nitrogen and oxygen atoms in total. The van der Waals surface area contributed by atoms with Gasteiger partial charge in [-0.2, -0.15) is 15.4 Å². The van der Waals surface area contributed by atoms with Gasteiger partial charge in [0, 0.05) is 5.92 Å². The van der Waals surface area contributed by atoms with Gasteiger partial charge in [-0.15, -0.1) is 0 Å². The van der Waals surface area contributed by atoms with E-state index in [1.165, 1.54) is 0 Å². The number of hydrogen-bond donors (Lipinski definition) is 2. The molecule has 1 aromatic rings. The molecule has 1 fully saturated rings. The number of nitrogens with zero attached hydrogens (tertiary/aromatic N) is 2. The third-order valence-corrected chi connectivity index (χ3v) is 3.91. The first-order valence-corrected chi connectivity index (χ1v) is 7.15. The van der Waals surface area contributed by atoms with E-state index < -0.39 is 0 Å². The van der Waals surface area contributed by atoms with Gasteiger partial charge in [-0.1, -0.05) is 6.92 Å². The van der Waals surface area contributed by atoms with E-state index in [9.17, 15) is 0 Å². The first kappa shape index (κ1) is 14.5. The minimum absolute atomic E-state index is 0.0793. The number of nitrogens with one attached hydrogen (secondary N) is 2. The van der Waals surface area contributed by atoms with Crippen LogP contribution < -0.4 is 5.32 Å². The van der Waals surface area contributed by atoms with E-state index in [1.807, 2.05) is 6.20 Å². The van der Waals surface area contributed by atoms with Crippen LogP contribution in [0.5, 0.6) is 0 Å². The zero-order valence-electron chi connectivity index (χ0n) is 12.7. The molecule has 0 aromatic carbocycles. The molecule has 0 amide bonds. The summed E-state index contributed by atoms with van der Waals surface area (Å²) in [5.74, 6) is 0.388. The Hall–Kier alpha value is -0.940. The maximum atomic E-state index is 6.21. The molecular weight excluding hydrogens is 240 g/mol. The maximum Gasteiger partial charge on any atom is 0.0997 e. The fourth-order valence-electron chi connectivity index (χ4n) is 3.24. The van der Waals surface area contributed by atoms with Gasteiger partial charge in [0.2, 0.25) is 0 Å². The third-order valence-electron chi connectivity index (χ3n) is 3.91. The van der Waals surface area contributed by atoms with Crippen molar-refractivity contribution in [1.82, 2.24) is 20.7 Å². The van der Waals surface area contributed by atoms with E-state index in [-0.39, 0.29) is 17.2 Å². The van der Waals surface area contributed by atoms with Crippen molar-refractivity contribution >= 4 is 0 Å². The molecule has 1 saturated heterocycles. The molecule has 5 heteroatoms. The van der Waals surface area contributed by atoms with Crippen LogP contribution in [0.1, 0.15) is 59.2 Å². The van der Waals surface area contributed by atoms with E-state index in [0.29, 0.717) is 5.92 Å².